The number of carbonyl (C=O) groups is 1. The number of nitrogens with one attached hydrogen (secondary N) is 1. The minimum atomic E-state index is -0.896. The molecule has 0 aliphatic carbocycles. The fourth-order valence-corrected chi connectivity index (χ4v) is 1.82. The highest BCUT2D eigenvalue weighted by molar-refractivity contribution is 5.89. The standard InChI is InChI=1S/C15H16N2O2/c1-10-7-13(5-6-14(10)15(18)19)17-9-12-4-3-11(2)16-8-12/h3-8,17H,9H2,1-2H3,(H,18,19). The Labute approximate surface area is 112 Å². The molecule has 0 aliphatic rings. The normalized spacial score (nSPS) is 10.2. The number of aromatic carboxylic acids is 1. The lowest BCUT2D eigenvalue weighted by atomic mass is 10.1. The van der Waals surface area contributed by atoms with E-state index in [1.807, 2.05) is 31.3 Å². The third kappa shape index (κ3) is 3.31. The second-order valence-corrected chi connectivity index (χ2v) is 4.50. The van der Waals surface area contributed by atoms with Crippen LogP contribution in [0, 0.1) is 13.8 Å². The molecular formula is C15H16N2O2. The molecule has 2 aromatic rings. The molecule has 19 heavy (non-hydrogen) atoms. The second-order valence-electron chi connectivity index (χ2n) is 4.50. The van der Waals surface area contributed by atoms with Crippen molar-refractivity contribution >= 4 is 11.7 Å². The van der Waals surface area contributed by atoms with E-state index >= 15 is 0 Å². The summed E-state index contributed by atoms with van der Waals surface area (Å²) in [5.74, 6) is -0.896. The fraction of sp³-hybridized carbons (Fsp3) is 0.200. The number of nitrogens with zero attached hydrogens (tertiary/aromatic N) is 1. The number of pyridine rings is 1. The largest absolute Gasteiger partial charge is 0.478 e. The molecule has 2 N–H and O–H groups in total. The molecular weight excluding hydrogens is 240 g/mol. The average Bonchev–Trinajstić information content (AvgIpc) is 2.37. The number of hydrogen-bond acceptors (Lipinski definition) is 3. The summed E-state index contributed by atoms with van der Waals surface area (Å²) in [7, 11) is 0. The van der Waals surface area contributed by atoms with E-state index < -0.39 is 5.97 Å². The van der Waals surface area contributed by atoms with E-state index in [-0.39, 0.29) is 0 Å². The summed E-state index contributed by atoms with van der Waals surface area (Å²) in [6, 6.07) is 9.22. The van der Waals surface area contributed by atoms with E-state index in [1.54, 1.807) is 19.1 Å². The quantitative estimate of drug-likeness (QED) is 0.882. The monoisotopic (exact) mass is 256 g/mol. The number of aromatic nitrogens is 1. The van der Waals surface area contributed by atoms with Gasteiger partial charge in [0.05, 0.1) is 5.56 Å². The molecule has 4 heteroatoms. The van der Waals surface area contributed by atoms with Crippen LogP contribution in [0.15, 0.2) is 36.5 Å². The number of rotatable bonds is 4. The van der Waals surface area contributed by atoms with Gasteiger partial charge in [0.15, 0.2) is 0 Å². The zero-order valence-electron chi connectivity index (χ0n) is 11.0. The van der Waals surface area contributed by atoms with Crippen LogP contribution in [0.4, 0.5) is 5.69 Å². The highest BCUT2D eigenvalue weighted by Gasteiger charge is 2.06. The molecule has 0 saturated carbocycles. The van der Waals surface area contributed by atoms with Gasteiger partial charge in [-0.25, -0.2) is 4.79 Å². The van der Waals surface area contributed by atoms with Crippen LogP contribution in [0.25, 0.3) is 0 Å². The molecule has 1 heterocycles. The van der Waals surface area contributed by atoms with Crippen LogP contribution in [0.5, 0.6) is 0 Å². The van der Waals surface area contributed by atoms with Gasteiger partial charge in [-0.15, -0.1) is 0 Å². The van der Waals surface area contributed by atoms with Crippen LogP contribution in [0.2, 0.25) is 0 Å². The van der Waals surface area contributed by atoms with Crippen LogP contribution in [-0.4, -0.2) is 16.1 Å². The maximum Gasteiger partial charge on any atom is 0.335 e. The second kappa shape index (κ2) is 5.52. The summed E-state index contributed by atoms with van der Waals surface area (Å²) in [4.78, 5) is 15.1. The predicted molar refractivity (Wildman–Crippen MR) is 74.4 cm³/mol. The fourth-order valence-electron chi connectivity index (χ4n) is 1.82. The summed E-state index contributed by atoms with van der Waals surface area (Å²) in [5.41, 5.74) is 4.07. The molecule has 0 unspecified atom stereocenters. The van der Waals surface area contributed by atoms with Crippen molar-refractivity contribution in [2.75, 3.05) is 5.32 Å². The summed E-state index contributed by atoms with van der Waals surface area (Å²) in [6.45, 7) is 4.41. The van der Waals surface area contributed by atoms with Gasteiger partial charge in [-0.3, -0.25) is 4.98 Å². The number of aryl methyl sites for hydroxylation is 2. The van der Waals surface area contributed by atoms with E-state index in [9.17, 15) is 4.79 Å². The number of hydrogen-bond donors (Lipinski definition) is 2. The minimum absolute atomic E-state index is 0.336. The number of carboxylic acid groups (broad SMARTS) is 1. The van der Waals surface area contributed by atoms with Crippen LogP contribution in [-0.2, 0) is 6.54 Å². The van der Waals surface area contributed by atoms with Crippen molar-refractivity contribution in [1.82, 2.24) is 4.98 Å². The van der Waals surface area contributed by atoms with Gasteiger partial charge in [0, 0.05) is 24.1 Å². The Hall–Kier alpha value is -2.36. The maximum absolute atomic E-state index is 10.9. The first-order valence-electron chi connectivity index (χ1n) is 6.05. The first-order chi connectivity index (χ1) is 9.06. The van der Waals surface area contributed by atoms with E-state index in [4.69, 9.17) is 5.11 Å². The van der Waals surface area contributed by atoms with E-state index in [0.717, 1.165) is 22.5 Å². The van der Waals surface area contributed by atoms with Crippen molar-refractivity contribution < 1.29 is 9.90 Å². The molecule has 1 aromatic heterocycles. The topological polar surface area (TPSA) is 62.2 Å². The molecule has 98 valence electrons. The summed E-state index contributed by atoms with van der Waals surface area (Å²) in [6.07, 6.45) is 1.83. The average molecular weight is 256 g/mol. The van der Waals surface area contributed by atoms with Gasteiger partial charge in [0.25, 0.3) is 0 Å². The molecule has 0 fully saturated rings. The van der Waals surface area contributed by atoms with Gasteiger partial charge in [-0.1, -0.05) is 6.07 Å². The van der Waals surface area contributed by atoms with Crippen LogP contribution >= 0.6 is 0 Å². The van der Waals surface area contributed by atoms with E-state index in [0.29, 0.717) is 12.1 Å². The number of carboxylic acids is 1. The molecule has 0 saturated heterocycles. The first kappa shape index (κ1) is 13.1. The molecule has 0 bridgehead atoms. The predicted octanol–water partition coefficient (Wildman–Crippen LogP) is 3.01. The van der Waals surface area contributed by atoms with Crippen molar-refractivity contribution in [3.05, 3.63) is 58.9 Å². The Morgan fingerprint density at radius 1 is 1.26 bits per heavy atom. The van der Waals surface area contributed by atoms with E-state index in [1.165, 1.54) is 0 Å². The third-order valence-corrected chi connectivity index (χ3v) is 2.93. The lowest BCUT2D eigenvalue weighted by molar-refractivity contribution is 0.0696. The van der Waals surface area contributed by atoms with Gasteiger partial charge in [-0.2, -0.15) is 0 Å². The van der Waals surface area contributed by atoms with E-state index in [2.05, 4.69) is 10.3 Å². The van der Waals surface area contributed by atoms with Crippen molar-refractivity contribution in [3.63, 3.8) is 0 Å². The SMILES string of the molecule is Cc1ccc(CNc2ccc(C(=O)O)c(C)c2)cn1. The zero-order valence-corrected chi connectivity index (χ0v) is 11.0. The smallest absolute Gasteiger partial charge is 0.335 e. The number of anilines is 1. The highest BCUT2D eigenvalue weighted by atomic mass is 16.4. The summed E-state index contributed by atoms with van der Waals surface area (Å²) < 4.78 is 0. The third-order valence-electron chi connectivity index (χ3n) is 2.93. The maximum atomic E-state index is 10.9. The lowest BCUT2D eigenvalue weighted by Crippen LogP contribution is -2.03. The van der Waals surface area contributed by atoms with Crippen LogP contribution in [0.1, 0.15) is 27.2 Å². The van der Waals surface area contributed by atoms with Gasteiger partial charge in [0.2, 0.25) is 0 Å². The van der Waals surface area contributed by atoms with Crippen molar-refractivity contribution in [2.24, 2.45) is 0 Å². The van der Waals surface area contributed by atoms with Crippen LogP contribution in [0.3, 0.4) is 0 Å². The number of benzene rings is 1. The Morgan fingerprint density at radius 2 is 2.05 bits per heavy atom. The molecule has 0 atom stereocenters. The lowest BCUT2D eigenvalue weighted by Gasteiger charge is -2.09. The first-order valence-corrected chi connectivity index (χ1v) is 6.05. The summed E-state index contributed by atoms with van der Waals surface area (Å²) >= 11 is 0. The Bertz CT molecular complexity index is 592. The Kier molecular flexibility index (Phi) is 3.80. The summed E-state index contributed by atoms with van der Waals surface area (Å²) in [5, 5.41) is 12.2. The van der Waals surface area contributed by atoms with Gasteiger partial charge >= 0.3 is 5.97 Å². The highest BCUT2D eigenvalue weighted by Crippen LogP contribution is 2.16. The van der Waals surface area contributed by atoms with Crippen molar-refractivity contribution in [3.8, 4) is 0 Å². The molecule has 1 aromatic carbocycles. The van der Waals surface area contributed by atoms with Crippen LogP contribution < -0.4 is 5.32 Å². The minimum Gasteiger partial charge on any atom is -0.478 e. The van der Waals surface area contributed by atoms with Crippen molar-refractivity contribution in [2.45, 2.75) is 20.4 Å². The van der Waals surface area contributed by atoms with Gasteiger partial charge in [-0.05, 0) is 49.2 Å². The zero-order chi connectivity index (χ0) is 13.8. The molecule has 0 amide bonds. The van der Waals surface area contributed by atoms with Gasteiger partial charge in [0.1, 0.15) is 0 Å². The molecule has 0 radical (unpaired) electrons. The molecule has 0 spiro atoms. The molecule has 4 nitrogen and oxygen atoms in total. The molecule has 0 aliphatic heterocycles. The van der Waals surface area contributed by atoms with Gasteiger partial charge < -0.3 is 10.4 Å². The Morgan fingerprint density at radius 3 is 2.63 bits per heavy atom. The Balaban J connectivity index is 2.06. The molecule has 2 rings (SSSR count). The van der Waals surface area contributed by atoms with Crippen molar-refractivity contribution in [1.29, 1.82) is 0 Å².